The topological polar surface area (TPSA) is 86.8 Å². The summed E-state index contributed by atoms with van der Waals surface area (Å²) >= 11 is 12.4. The van der Waals surface area contributed by atoms with Crippen molar-refractivity contribution in [1.29, 1.82) is 0 Å². The molecular formula is C27H29Cl2N3O4S. The van der Waals surface area contributed by atoms with E-state index in [0.29, 0.717) is 27.7 Å². The summed E-state index contributed by atoms with van der Waals surface area (Å²) in [6.07, 6.45) is 0.312. The molecular weight excluding hydrogens is 533 g/mol. The second kappa shape index (κ2) is 12.4. The van der Waals surface area contributed by atoms with Crippen LogP contribution in [0.4, 0.5) is 5.69 Å². The molecule has 0 fully saturated rings. The smallest absolute Gasteiger partial charge is 0.264 e. The van der Waals surface area contributed by atoms with E-state index in [2.05, 4.69) is 5.32 Å². The maximum absolute atomic E-state index is 13.9. The molecule has 0 radical (unpaired) electrons. The standard InChI is InChI=1S/C27H29Cl2N3O4S/c1-4-25(27(34)30-3)31(17-20-13-14-21(28)16-24(20)29)26(33)18-32(22-10-8-9-19(2)15-22)37(35,36)23-11-6-5-7-12-23/h5-16,25H,4,17-18H2,1-3H3,(H,30,34). The van der Waals surface area contributed by atoms with Crippen LogP contribution in [0.2, 0.25) is 10.0 Å². The third-order valence-electron chi connectivity index (χ3n) is 5.89. The summed E-state index contributed by atoms with van der Waals surface area (Å²) in [5.74, 6) is -0.920. The molecule has 1 atom stereocenters. The Morgan fingerprint density at radius 2 is 1.68 bits per heavy atom. The fourth-order valence-electron chi connectivity index (χ4n) is 3.95. The Hall–Kier alpha value is -3.07. The first kappa shape index (κ1) is 28.5. The van der Waals surface area contributed by atoms with Crippen molar-refractivity contribution in [2.24, 2.45) is 0 Å². The number of aryl methyl sites for hydroxylation is 1. The Morgan fingerprint density at radius 3 is 2.27 bits per heavy atom. The van der Waals surface area contributed by atoms with Crippen molar-refractivity contribution in [3.05, 3.63) is 94.0 Å². The van der Waals surface area contributed by atoms with E-state index in [1.165, 1.54) is 24.1 Å². The van der Waals surface area contributed by atoms with Crippen LogP contribution in [0.15, 0.2) is 77.7 Å². The van der Waals surface area contributed by atoms with Crippen molar-refractivity contribution in [3.63, 3.8) is 0 Å². The van der Waals surface area contributed by atoms with Crippen LogP contribution in [0.25, 0.3) is 0 Å². The third-order valence-corrected chi connectivity index (χ3v) is 8.26. The molecule has 0 saturated carbocycles. The normalized spacial score (nSPS) is 12.0. The lowest BCUT2D eigenvalue weighted by molar-refractivity contribution is -0.140. The van der Waals surface area contributed by atoms with Gasteiger partial charge in [0.15, 0.2) is 0 Å². The van der Waals surface area contributed by atoms with Crippen molar-refractivity contribution in [2.45, 2.75) is 37.8 Å². The van der Waals surface area contributed by atoms with Gasteiger partial charge in [0.2, 0.25) is 11.8 Å². The SMILES string of the molecule is CCC(C(=O)NC)N(Cc1ccc(Cl)cc1Cl)C(=O)CN(c1cccc(C)c1)S(=O)(=O)c1ccccc1. The van der Waals surface area contributed by atoms with Gasteiger partial charge in [-0.05, 0) is 60.9 Å². The maximum Gasteiger partial charge on any atom is 0.264 e. The molecule has 3 aromatic carbocycles. The van der Waals surface area contributed by atoms with Gasteiger partial charge in [0.25, 0.3) is 10.0 Å². The average molecular weight is 563 g/mol. The van der Waals surface area contributed by atoms with E-state index in [9.17, 15) is 18.0 Å². The summed E-state index contributed by atoms with van der Waals surface area (Å²) < 4.78 is 28.5. The van der Waals surface area contributed by atoms with Gasteiger partial charge in [0, 0.05) is 23.6 Å². The first-order valence-electron chi connectivity index (χ1n) is 11.7. The molecule has 0 aromatic heterocycles. The number of benzene rings is 3. The number of rotatable bonds is 10. The number of amides is 2. The Labute approximate surface area is 228 Å². The van der Waals surface area contributed by atoms with E-state index < -0.39 is 28.5 Å². The van der Waals surface area contributed by atoms with Crippen molar-refractivity contribution in [1.82, 2.24) is 10.2 Å². The number of halogens is 2. The first-order chi connectivity index (χ1) is 17.6. The molecule has 0 saturated heterocycles. The molecule has 196 valence electrons. The molecule has 10 heteroatoms. The van der Waals surface area contributed by atoms with Crippen LogP contribution in [-0.2, 0) is 26.2 Å². The number of sulfonamides is 1. The molecule has 0 aliphatic heterocycles. The second-order valence-corrected chi connectivity index (χ2v) is 11.2. The van der Waals surface area contributed by atoms with E-state index >= 15 is 0 Å². The van der Waals surface area contributed by atoms with Crippen LogP contribution in [0.1, 0.15) is 24.5 Å². The van der Waals surface area contributed by atoms with E-state index in [1.54, 1.807) is 61.5 Å². The summed E-state index contributed by atoms with van der Waals surface area (Å²) in [5.41, 5.74) is 1.75. The highest BCUT2D eigenvalue weighted by Gasteiger charge is 2.33. The van der Waals surface area contributed by atoms with E-state index in [1.807, 2.05) is 13.0 Å². The number of carbonyl (C=O) groups excluding carboxylic acids is 2. The minimum atomic E-state index is -4.10. The number of nitrogens with one attached hydrogen (secondary N) is 1. The molecule has 3 aromatic rings. The number of likely N-dealkylation sites (N-methyl/N-ethyl adjacent to an activating group) is 1. The average Bonchev–Trinajstić information content (AvgIpc) is 2.88. The summed E-state index contributed by atoms with van der Waals surface area (Å²) in [7, 11) is -2.61. The molecule has 0 bridgehead atoms. The number of carbonyl (C=O) groups is 2. The van der Waals surface area contributed by atoms with Crippen LogP contribution in [-0.4, -0.2) is 44.8 Å². The molecule has 0 aliphatic carbocycles. The largest absolute Gasteiger partial charge is 0.357 e. The number of anilines is 1. The van der Waals surface area contributed by atoms with Gasteiger partial charge in [0.1, 0.15) is 12.6 Å². The Balaban J connectivity index is 2.07. The van der Waals surface area contributed by atoms with Crippen molar-refractivity contribution >= 4 is 50.7 Å². The van der Waals surface area contributed by atoms with Gasteiger partial charge < -0.3 is 10.2 Å². The molecule has 3 rings (SSSR count). The zero-order chi connectivity index (χ0) is 27.2. The number of nitrogens with zero attached hydrogens (tertiary/aromatic N) is 2. The molecule has 0 aliphatic rings. The highest BCUT2D eigenvalue weighted by molar-refractivity contribution is 7.92. The predicted octanol–water partition coefficient (Wildman–Crippen LogP) is 5.05. The van der Waals surface area contributed by atoms with Crippen LogP contribution in [0.5, 0.6) is 0 Å². The van der Waals surface area contributed by atoms with Gasteiger partial charge in [-0.15, -0.1) is 0 Å². The summed E-state index contributed by atoms with van der Waals surface area (Å²) in [5, 5.41) is 3.36. The first-order valence-corrected chi connectivity index (χ1v) is 13.9. The van der Waals surface area contributed by atoms with E-state index in [4.69, 9.17) is 23.2 Å². The lowest BCUT2D eigenvalue weighted by atomic mass is 10.1. The molecule has 0 heterocycles. The zero-order valence-corrected chi connectivity index (χ0v) is 23.1. The highest BCUT2D eigenvalue weighted by atomic mass is 35.5. The minimum Gasteiger partial charge on any atom is -0.357 e. The predicted molar refractivity (Wildman–Crippen MR) is 147 cm³/mol. The van der Waals surface area contributed by atoms with Gasteiger partial charge in [-0.1, -0.05) is 66.5 Å². The summed E-state index contributed by atoms with van der Waals surface area (Å²) in [4.78, 5) is 28.0. The van der Waals surface area contributed by atoms with Crippen molar-refractivity contribution < 1.29 is 18.0 Å². The summed E-state index contributed by atoms with van der Waals surface area (Å²) in [6.45, 7) is 3.10. The minimum absolute atomic E-state index is 0.00615. The lowest BCUT2D eigenvalue weighted by Gasteiger charge is -2.33. The molecule has 37 heavy (non-hydrogen) atoms. The second-order valence-electron chi connectivity index (χ2n) is 8.46. The number of hydrogen-bond donors (Lipinski definition) is 1. The monoisotopic (exact) mass is 561 g/mol. The van der Waals surface area contributed by atoms with Gasteiger partial charge >= 0.3 is 0 Å². The van der Waals surface area contributed by atoms with E-state index in [0.717, 1.165) is 9.87 Å². The van der Waals surface area contributed by atoms with Crippen molar-refractivity contribution in [3.8, 4) is 0 Å². The Kier molecular flexibility index (Phi) is 9.59. The number of hydrogen-bond acceptors (Lipinski definition) is 4. The fraction of sp³-hybridized carbons (Fsp3) is 0.259. The Morgan fingerprint density at radius 1 is 0.973 bits per heavy atom. The van der Waals surface area contributed by atoms with Crippen molar-refractivity contribution in [2.75, 3.05) is 17.9 Å². The van der Waals surface area contributed by atoms with Crippen LogP contribution in [0.3, 0.4) is 0 Å². The maximum atomic E-state index is 13.9. The Bertz CT molecular complexity index is 1370. The van der Waals surface area contributed by atoms with Gasteiger partial charge in [-0.2, -0.15) is 0 Å². The van der Waals surface area contributed by atoms with Crippen LogP contribution < -0.4 is 9.62 Å². The summed E-state index contributed by atoms with van der Waals surface area (Å²) in [6, 6.07) is 18.9. The molecule has 2 amide bonds. The molecule has 1 unspecified atom stereocenters. The molecule has 1 N–H and O–H groups in total. The van der Waals surface area contributed by atoms with Gasteiger partial charge in [-0.3, -0.25) is 13.9 Å². The highest BCUT2D eigenvalue weighted by Crippen LogP contribution is 2.27. The lowest BCUT2D eigenvalue weighted by Crippen LogP contribution is -2.51. The van der Waals surface area contributed by atoms with E-state index in [-0.39, 0.29) is 17.3 Å². The van der Waals surface area contributed by atoms with Gasteiger partial charge in [0.05, 0.1) is 10.6 Å². The quantitative estimate of drug-likeness (QED) is 0.375. The van der Waals surface area contributed by atoms with Crippen LogP contribution >= 0.6 is 23.2 Å². The van der Waals surface area contributed by atoms with Crippen LogP contribution in [0, 0.1) is 6.92 Å². The third kappa shape index (κ3) is 6.83. The molecule has 7 nitrogen and oxygen atoms in total. The fourth-order valence-corrected chi connectivity index (χ4v) is 5.85. The zero-order valence-electron chi connectivity index (χ0n) is 20.8. The molecule has 0 spiro atoms. The van der Waals surface area contributed by atoms with Gasteiger partial charge in [-0.25, -0.2) is 8.42 Å².